The van der Waals surface area contributed by atoms with E-state index >= 15 is 0 Å². The van der Waals surface area contributed by atoms with E-state index in [1.165, 1.54) is 0 Å². The maximum atomic E-state index is 5.28. The molecule has 0 bridgehead atoms. The molecule has 4 heteroatoms. The standard InChI is InChI=1S/C9H8N2S2/c1-2-11-8(12)6-3-4-10-5-7(6)9(11)13/h3-5H,2H2,1H3. The molecule has 1 aromatic heterocycles. The monoisotopic (exact) mass is 208 g/mol. The molecule has 0 radical (unpaired) electrons. The SMILES string of the molecule is CCN1C(=S)c2ccncc2C1=S. The molecule has 2 heterocycles. The van der Waals surface area contributed by atoms with Crippen molar-refractivity contribution >= 4 is 34.4 Å². The minimum absolute atomic E-state index is 0.801. The third kappa shape index (κ3) is 1.17. The van der Waals surface area contributed by atoms with Crippen molar-refractivity contribution in [3.8, 4) is 0 Å². The highest BCUT2D eigenvalue weighted by atomic mass is 32.1. The van der Waals surface area contributed by atoms with E-state index in [1.54, 1.807) is 12.4 Å². The summed E-state index contributed by atoms with van der Waals surface area (Å²) in [6, 6.07) is 1.92. The van der Waals surface area contributed by atoms with Crippen LogP contribution in [0, 0.1) is 0 Å². The molecule has 1 aromatic rings. The fourth-order valence-electron chi connectivity index (χ4n) is 1.42. The van der Waals surface area contributed by atoms with Crippen LogP contribution in [0.4, 0.5) is 0 Å². The zero-order valence-electron chi connectivity index (χ0n) is 7.15. The van der Waals surface area contributed by atoms with Gasteiger partial charge in [-0.3, -0.25) is 4.98 Å². The summed E-state index contributed by atoms with van der Waals surface area (Å²) < 4.78 is 0. The minimum atomic E-state index is 0.801. The lowest BCUT2D eigenvalue weighted by Crippen LogP contribution is -2.27. The van der Waals surface area contributed by atoms with Gasteiger partial charge in [-0.1, -0.05) is 24.4 Å². The second kappa shape index (κ2) is 3.12. The van der Waals surface area contributed by atoms with E-state index in [0.717, 1.165) is 27.6 Å². The van der Waals surface area contributed by atoms with Crippen molar-refractivity contribution in [1.82, 2.24) is 9.88 Å². The Morgan fingerprint density at radius 3 is 2.62 bits per heavy atom. The van der Waals surface area contributed by atoms with E-state index in [4.69, 9.17) is 24.4 Å². The van der Waals surface area contributed by atoms with Crippen molar-refractivity contribution in [2.45, 2.75) is 6.92 Å². The van der Waals surface area contributed by atoms with Crippen molar-refractivity contribution in [3.05, 3.63) is 29.6 Å². The Bertz CT molecular complexity index is 352. The number of thiocarbonyl (C=S) groups is 2. The minimum Gasteiger partial charge on any atom is -0.323 e. The van der Waals surface area contributed by atoms with Crippen LogP contribution in [0.15, 0.2) is 18.5 Å². The van der Waals surface area contributed by atoms with Gasteiger partial charge in [0.25, 0.3) is 0 Å². The van der Waals surface area contributed by atoms with Gasteiger partial charge in [0.05, 0.1) is 0 Å². The van der Waals surface area contributed by atoms with Crippen LogP contribution in [0.3, 0.4) is 0 Å². The quantitative estimate of drug-likeness (QED) is 0.653. The van der Waals surface area contributed by atoms with Crippen molar-refractivity contribution in [2.24, 2.45) is 0 Å². The lowest BCUT2D eigenvalue weighted by atomic mass is 10.2. The van der Waals surface area contributed by atoms with Crippen LogP contribution in [0.5, 0.6) is 0 Å². The number of hydrogen-bond donors (Lipinski definition) is 0. The summed E-state index contributed by atoms with van der Waals surface area (Å²) in [6.07, 6.45) is 3.52. The molecule has 13 heavy (non-hydrogen) atoms. The highest BCUT2D eigenvalue weighted by Gasteiger charge is 2.27. The van der Waals surface area contributed by atoms with Crippen LogP contribution in [-0.4, -0.2) is 26.4 Å². The van der Waals surface area contributed by atoms with Gasteiger partial charge in [-0.05, 0) is 13.0 Å². The molecule has 2 rings (SSSR count). The molecule has 0 aromatic carbocycles. The number of pyridine rings is 1. The normalized spacial score (nSPS) is 15.0. The second-order valence-electron chi connectivity index (χ2n) is 2.78. The van der Waals surface area contributed by atoms with Crippen LogP contribution in [0.1, 0.15) is 18.1 Å². The third-order valence-corrected chi connectivity index (χ3v) is 2.97. The molecule has 1 aliphatic rings. The molecular formula is C9H8N2S2. The van der Waals surface area contributed by atoms with Crippen molar-refractivity contribution < 1.29 is 0 Å². The first-order valence-electron chi connectivity index (χ1n) is 4.06. The summed E-state index contributed by atoms with van der Waals surface area (Å²) in [5, 5.41) is 0. The molecule has 0 fully saturated rings. The van der Waals surface area contributed by atoms with Gasteiger partial charge in [-0.2, -0.15) is 0 Å². The van der Waals surface area contributed by atoms with E-state index in [-0.39, 0.29) is 0 Å². The van der Waals surface area contributed by atoms with Crippen LogP contribution < -0.4 is 0 Å². The Labute approximate surface area is 87.6 Å². The summed E-state index contributed by atoms with van der Waals surface area (Å²) in [5.41, 5.74) is 2.03. The average Bonchev–Trinajstić information content (AvgIpc) is 2.41. The lowest BCUT2D eigenvalue weighted by Gasteiger charge is -2.14. The Morgan fingerprint density at radius 1 is 1.31 bits per heavy atom. The van der Waals surface area contributed by atoms with Crippen molar-refractivity contribution in [3.63, 3.8) is 0 Å². The van der Waals surface area contributed by atoms with Gasteiger partial charge in [0, 0.05) is 30.1 Å². The van der Waals surface area contributed by atoms with E-state index < -0.39 is 0 Å². The molecule has 0 N–H and O–H groups in total. The number of aromatic nitrogens is 1. The average molecular weight is 208 g/mol. The van der Waals surface area contributed by atoms with Crippen LogP contribution in [0.25, 0.3) is 0 Å². The zero-order chi connectivity index (χ0) is 9.42. The fraction of sp³-hybridized carbons (Fsp3) is 0.222. The molecule has 0 saturated heterocycles. The van der Waals surface area contributed by atoms with Crippen molar-refractivity contribution in [1.29, 1.82) is 0 Å². The Balaban J connectivity index is 2.57. The molecule has 0 unspecified atom stereocenters. The van der Waals surface area contributed by atoms with Gasteiger partial charge in [0.1, 0.15) is 9.98 Å². The Morgan fingerprint density at radius 2 is 2.00 bits per heavy atom. The summed E-state index contributed by atoms with van der Waals surface area (Å²) in [6.45, 7) is 2.87. The Kier molecular flexibility index (Phi) is 2.09. The summed E-state index contributed by atoms with van der Waals surface area (Å²) in [4.78, 5) is 7.62. The smallest absolute Gasteiger partial charge is 0.116 e. The molecule has 66 valence electrons. The number of hydrogen-bond acceptors (Lipinski definition) is 3. The number of fused-ring (bicyclic) bond motifs is 1. The highest BCUT2D eigenvalue weighted by Crippen LogP contribution is 2.22. The number of rotatable bonds is 1. The maximum Gasteiger partial charge on any atom is 0.116 e. The van der Waals surface area contributed by atoms with Gasteiger partial charge < -0.3 is 4.90 Å². The first-order chi connectivity index (χ1) is 6.25. The zero-order valence-corrected chi connectivity index (χ0v) is 8.78. The molecule has 1 aliphatic heterocycles. The highest BCUT2D eigenvalue weighted by molar-refractivity contribution is 7.82. The maximum absolute atomic E-state index is 5.28. The van der Waals surface area contributed by atoms with Crippen molar-refractivity contribution in [2.75, 3.05) is 6.54 Å². The Hall–Kier alpha value is -0.870. The summed E-state index contributed by atoms with van der Waals surface area (Å²) >= 11 is 10.6. The molecule has 0 spiro atoms. The first-order valence-corrected chi connectivity index (χ1v) is 4.87. The van der Waals surface area contributed by atoms with Gasteiger partial charge in [0.15, 0.2) is 0 Å². The summed E-state index contributed by atoms with van der Waals surface area (Å²) in [5.74, 6) is 0. The number of nitrogens with zero attached hydrogens (tertiary/aromatic N) is 2. The topological polar surface area (TPSA) is 16.1 Å². The first kappa shape index (κ1) is 8.72. The second-order valence-corrected chi connectivity index (χ2v) is 3.55. The van der Waals surface area contributed by atoms with E-state index in [1.807, 2.05) is 17.9 Å². The third-order valence-electron chi connectivity index (χ3n) is 2.09. The molecule has 2 nitrogen and oxygen atoms in total. The largest absolute Gasteiger partial charge is 0.323 e. The summed E-state index contributed by atoms with van der Waals surface area (Å²) in [7, 11) is 0. The van der Waals surface area contributed by atoms with Crippen LogP contribution in [0.2, 0.25) is 0 Å². The van der Waals surface area contributed by atoms with E-state index in [2.05, 4.69) is 4.98 Å². The van der Waals surface area contributed by atoms with Gasteiger partial charge >= 0.3 is 0 Å². The molecule has 0 atom stereocenters. The molecular weight excluding hydrogens is 200 g/mol. The van der Waals surface area contributed by atoms with E-state index in [9.17, 15) is 0 Å². The molecule has 0 aliphatic carbocycles. The van der Waals surface area contributed by atoms with Gasteiger partial charge in [-0.25, -0.2) is 0 Å². The molecule has 0 saturated carbocycles. The predicted molar refractivity (Wildman–Crippen MR) is 60.0 cm³/mol. The van der Waals surface area contributed by atoms with E-state index in [0.29, 0.717) is 0 Å². The van der Waals surface area contributed by atoms with Gasteiger partial charge in [-0.15, -0.1) is 0 Å². The van der Waals surface area contributed by atoms with Gasteiger partial charge in [0.2, 0.25) is 0 Å². The lowest BCUT2D eigenvalue weighted by molar-refractivity contribution is 0.679. The predicted octanol–water partition coefficient (Wildman–Crippen LogP) is 1.77. The van der Waals surface area contributed by atoms with Crippen LogP contribution >= 0.6 is 24.4 Å². The fourth-order valence-corrected chi connectivity index (χ4v) is 2.26. The van der Waals surface area contributed by atoms with Crippen LogP contribution in [-0.2, 0) is 0 Å². The molecule has 0 amide bonds.